The first kappa shape index (κ1) is 29.9. The molecular formula is C28H36N4O9. The van der Waals surface area contributed by atoms with Gasteiger partial charge in [-0.3, -0.25) is 19.3 Å². The Morgan fingerprint density at radius 2 is 1.83 bits per heavy atom. The number of ether oxygens (including phenoxy) is 1. The number of aliphatic hydroxyl groups excluding tert-OH is 2. The van der Waals surface area contributed by atoms with Crippen LogP contribution in [0.2, 0.25) is 0 Å². The lowest BCUT2D eigenvalue weighted by molar-refractivity contribution is -0.153. The van der Waals surface area contributed by atoms with Gasteiger partial charge in [-0.2, -0.15) is 0 Å². The van der Waals surface area contributed by atoms with Crippen molar-refractivity contribution in [1.29, 1.82) is 0 Å². The van der Waals surface area contributed by atoms with Crippen molar-refractivity contribution >= 4 is 40.6 Å². The van der Waals surface area contributed by atoms with Gasteiger partial charge in [0.15, 0.2) is 11.4 Å². The van der Waals surface area contributed by atoms with Crippen LogP contribution in [-0.2, 0) is 30.3 Å². The summed E-state index contributed by atoms with van der Waals surface area (Å²) >= 11 is 0. The highest BCUT2D eigenvalue weighted by atomic mass is 16.5. The number of amides is 1. The second-order valence-corrected chi connectivity index (χ2v) is 11.1. The third-order valence-corrected chi connectivity index (χ3v) is 8.19. The van der Waals surface area contributed by atoms with Crippen molar-refractivity contribution in [1.82, 2.24) is 4.90 Å². The van der Waals surface area contributed by atoms with Crippen molar-refractivity contribution in [3.05, 3.63) is 34.1 Å². The maximum atomic E-state index is 14.0. The number of esters is 1. The van der Waals surface area contributed by atoms with Crippen LogP contribution in [0, 0.1) is 11.8 Å². The van der Waals surface area contributed by atoms with Crippen molar-refractivity contribution in [2.45, 2.75) is 44.4 Å². The normalized spacial score (nSPS) is 26.3. The van der Waals surface area contributed by atoms with Crippen molar-refractivity contribution in [2.75, 3.05) is 45.0 Å². The fourth-order valence-corrected chi connectivity index (χ4v) is 6.36. The molecule has 13 nitrogen and oxygen atoms in total. The Morgan fingerprint density at radius 3 is 2.37 bits per heavy atom. The Balaban J connectivity index is 1.93. The Morgan fingerprint density at radius 1 is 1.20 bits per heavy atom. The molecule has 1 aromatic rings. The molecule has 1 fully saturated rings. The number of phenolic OH excluding ortho intramolecular Hbond substituents is 1. The van der Waals surface area contributed by atoms with Crippen molar-refractivity contribution in [3.8, 4) is 5.75 Å². The van der Waals surface area contributed by atoms with Crippen LogP contribution in [0.4, 0.5) is 11.4 Å². The first-order valence-corrected chi connectivity index (χ1v) is 13.2. The van der Waals surface area contributed by atoms with Gasteiger partial charge in [-0.1, -0.05) is 0 Å². The number of carbonyl (C=O) groups excluding carboxylic acids is 4. The summed E-state index contributed by atoms with van der Waals surface area (Å²) in [6.45, 7) is 3.36. The molecule has 3 aliphatic rings. The molecule has 0 aromatic heterocycles. The van der Waals surface area contributed by atoms with E-state index in [0.717, 1.165) is 0 Å². The fourth-order valence-electron chi connectivity index (χ4n) is 6.36. The first-order chi connectivity index (χ1) is 19.1. The maximum absolute atomic E-state index is 14.0. The second kappa shape index (κ2) is 10.4. The summed E-state index contributed by atoms with van der Waals surface area (Å²) in [5.74, 6) is -7.83. The minimum atomic E-state index is -2.72. The number of nitrogens with two attached hydrogens (primary N) is 1. The molecule has 7 N–H and O–H groups in total. The van der Waals surface area contributed by atoms with Gasteiger partial charge >= 0.3 is 5.97 Å². The van der Waals surface area contributed by atoms with Crippen molar-refractivity contribution < 1.29 is 44.3 Å². The monoisotopic (exact) mass is 572 g/mol. The van der Waals surface area contributed by atoms with Gasteiger partial charge in [0.25, 0.3) is 5.91 Å². The number of likely N-dealkylation sites (N-methyl/N-ethyl adjacent to an activating group) is 1. The largest absolute Gasteiger partial charge is 0.508 e. The van der Waals surface area contributed by atoms with Gasteiger partial charge in [-0.15, -0.1) is 0 Å². The number of benzene rings is 1. The highest BCUT2D eigenvalue weighted by Gasteiger charge is 2.64. The zero-order valence-electron chi connectivity index (χ0n) is 23.8. The number of nitrogens with one attached hydrogen (secondary N) is 1. The molecule has 1 saturated carbocycles. The molecule has 0 heterocycles. The number of carbonyl (C=O) groups is 4. The van der Waals surface area contributed by atoms with Gasteiger partial charge in [-0.05, 0) is 58.3 Å². The summed E-state index contributed by atoms with van der Waals surface area (Å²) in [6, 6.07) is -0.413. The molecule has 1 aromatic carbocycles. The zero-order chi connectivity index (χ0) is 30.7. The predicted molar refractivity (Wildman–Crippen MR) is 148 cm³/mol. The molecule has 13 heteroatoms. The number of nitrogens with zero attached hydrogens (tertiary/aromatic N) is 2. The third-order valence-electron chi connectivity index (χ3n) is 8.19. The summed E-state index contributed by atoms with van der Waals surface area (Å²) in [6.07, 6.45) is 0.128. The topological polar surface area (TPSA) is 203 Å². The van der Waals surface area contributed by atoms with Gasteiger partial charge in [-0.25, -0.2) is 4.79 Å². The number of phenols is 1. The summed E-state index contributed by atoms with van der Waals surface area (Å²) in [5.41, 5.74) is 2.61. The molecule has 0 saturated heterocycles. The minimum Gasteiger partial charge on any atom is -0.508 e. The van der Waals surface area contributed by atoms with Gasteiger partial charge in [0, 0.05) is 31.3 Å². The van der Waals surface area contributed by atoms with Crippen molar-refractivity contribution in [3.63, 3.8) is 0 Å². The molecule has 0 bridgehead atoms. The molecule has 0 radical (unpaired) electrons. The number of ketones is 2. The Labute approximate surface area is 236 Å². The van der Waals surface area contributed by atoms with E-state index >= 15 is 0 Å². The van der Waals surface area contributed by atoms with Gasteiger partial charge in [0.05, 0.1) is 23.9 Å². The summed E-state index contributed by atoms with van der Waals surface area (Å²) in [5, 5.41) is 48.4. The number of hydrogen-bond donors (Lipinski definition) is 6. The van der Waals surface area contributed by atoms with Gasteiger partial charge < -0.3 is 41.1 Å². The molecule has 4 rings (SSSR count). The average molecular weight is 573 g/mol. The lowest BCUT2D eigenvalue weighted by atomic mass is 9.57. The third kappa shape index (κ3) is 4.39. The Bertz CT molecular complexity index is 1410. The number of anilines is 2. The number of aliphatic hydroxyl groups is 3. The number of fused-ring (bicyclic) bond motifs is 3. The second-order valence-electron chi connectivity index (χ2n) is 11.1. The van der Waals surface area contributed by atoms with E-state index in [1.54, 1.807) is 46.1 Å². The quantitative estimate of drug-likeness (QED) is 0.149. The van der Waals surface area contributed by atoms with Crippen LogP contribution in [0.1, 0.15) is 31.4 Å². The van der Waals surface area contributed by atoms with E-state index in [2.05, 4.69) is 5.32 Å². The number of rotatable bonds is 7. The molecular weight excluding hydrogens is 536 g/mol. The first-order valence-electron chi connectivity index (χ1n) is 13.2. The summed E-state index contributed by atoms with van der Waals surface area (Å²) in [4.78, 5) is 54.8. The highest BCUT2D eigenvalue weighted by Crippen LogP contribution is 2.54. The van der Waals surface area contributed by atoms with E-state index in [1.807, 2.05) is 0 Å². The molecule has 1 amide bonds. The standard InChI is InChI=1S/C28H36N4O9/c1-7-41-27(39)11(2)30-15-10-16(31(3)4)13-8-12-9-14-20(32(5)6)23(35)19(26(29)38)25(37)28(14,40)24(36)17(12)22(34)18(13)21(15)33/h10-12,14,20,30,33-34,37,40H,7-9H2,1-6H3,(H2,29,38)/t11?,12-,14-,20-,28-/m0/s1. The molecule has 222 valence electrons. The Hall–Kier alpha value is -4.10. The van der Waals surface area contributed by atoms with E-state index in [1.165, 1.54) is 11.8 Å². The SMILES string of the molecule is CCOC(=O)C(C)Nc1cc(N(C)C)c2c(c1O)C(O)=C1C(=O)[C@]3(O)C(O)=C(C(N)=O)C(=O)[C@@H](N(C)C)[C@@H]3C[C@@H]1C2. The molecule has 1 unspecified atom stereocenters. The number of Topliss-reactive ketones (excluding diaryl/α,β-unsaturated/α-hetero) is 2. The zero-order valence-corrected chi connectivity index (χ0v) is 23.8. The van der Waals surface area contributed by atoms with E-state index in [9.17, 15) is 39.6 Å². The van der Waals surface area contributed by atoms with Crippen LogP contribution in [0.15, 0.2) is 23.0 Å². The predicted octanol–water partition coefficient (Wildman–Crippen LogP) is 0.394. The van der Waals surface area contributed by atoms with E-state index in [0.29, 0.717) is 11.3 Å². The van der Waals surface area contributed by atoms with E-state index in [-0.39, 0.29) is 36.3 Å². The Kier molecular flexibility index (Phi) is 7.56. The van der Waals surface area contributed by atoms with Crippen LogP contribution in [0.3, 0.4) is 0 Å². The molecule has 0 spiro atoms. The summed E-state index contributed by atoms with van der Waals surface area (Å²) < 4.78 is 5.03. The summed E-state index contributed by atoms with van der Waals surface area (Å²) in [7, 11) is 6.59. The smallest absolute Gasteiger partial charge is 0.328 e. The molecule has 5 atom stereocenters. The van der Waals surface area contributed by atoms with E-state index in [4.69, 9.17) is 10.5 Å². The molecule has 41 heavy (non-hydrogen) atoms. The minimum absolute atomic E-state index is 0.0146. The van der Waals surface area contributed by atoms with Crippen LogP contribution in [0.5, 0.6) is 5.75 Å². The average Bonchev–Trinajstić information content (AvgIpc) is 2.87. The van der Waals surface area contributed by atoms with Crippen LogP contribution in [-0.4, -0.2) is 101 Å². The maximum Gasteiger partial charge on any atom is 0.328 e. The number of aromatic hydroxyl groups is 1. The van der Waals surface area contributed by atoms with Gasteiger partial charge in [0.1, 0.15) is 28.9 Å². The van der Waals surface area contributed by atoms with Crippen LogP contribution < -0.4 is 16.0 Å². The number of primary amides is 1. The van der Waals surface area contributed by atoms with Crippen LogP contribution >= 0.6 is 0 Å². The fraction of sp³-hybridized carbons (Fsp3) is 0.500. The molecule has 3 aliphatic carbocycles. The van der Waals surface area contributed by atoms with Gasteiger partial charge in [0.2, 0.25) is 5.78 Å². The lowest BCUT2D eigenvalue weighted by Crippen LogP contribution is -2.65. The highest BCUT2D eigenvalue weighted by molar-refractivity contribution is 6.24. The lowest BCUT2D eigenvalue weighted by Gasteiger charge is -2.50. The molecule has 0 aliphatic heterocycles. The number of hydrogen-bond acceptors (Lipinski definition) is 12. The van der Waals surface area contributed by atoms with Crippen molar-refractivity contribution in [2.24, 2.45) is 17.6 Å². The van der Waals surface area contributed by atoms with Crippen LogP contribution in [0.25, 0.3) is 5.76 Å². The van der Waals surface area contributed by atoms with E-state index < -0.39 is 75.8 Å².